The zero-order valence-corrected chi connectivity index (χ0v) is 14.4. The highest BCUT2D eigenvalue weighted by Gasteiger charge is 2.14. The Balaban J connectivity index is 1.59. The molecule has 0 unspecified atom stereocenters. The molecule has 4 heteroatoms. The van der Waals surface area contributed by atoms with Crippen molar-refractivity contribution in [3.05, 3.63) is 90.1 Å². The third-order valence-electron chi connectivity index (χ3n) is 4.23. The molecule has 0 N–H and O–H groups in total. The van der Waals surface area contributed by atoms with Crippen LogP contribution in [0.4, 0.5) is 0 Å². The van der Waals surface area contributed by atoms with Crippen LogP contribution in [-0.4, -0.2) is 15.7 Å². The summed E-state index contributed by atoms with van der Waals surface area (Å²) >= 11 is 0. The molecule has 0 aliphatic heterocycles. The molecular weight excluding hydrogens is 324 g/mol. The summed E-state index contributed by atoms with van der Waals surface area (Å²) in [6.07, 6.45) is 0.209. The van der Waals surface area contributed by atoms with Gasteiger partial charge in [0, 0.05) is 6.07 Å². The molecular formula is C22H18N2O2. The number of carbonyl (C=O) groups excluding carboxylic acids is 1. The van der Waals surface area contributed by atoms with Crippen molar-refractivity contribution in [3.63, 3.8) is 0 Å². The van der Waals surface area contributed by atoms with Gasteiger partial charge in [-0.25, -0.2) is 4.68 Å². The molecule has 0 amide bonds. The van der Waals surface area contributed by atoms with Gasteiger partial charge in [0.05, 0.1) is 17.8 Å². The summed E-state index contributed by atoms with van der Waals surface area (Å²) < 4.78 is 7.28. The fraction of sp³-hybridized carbons (Fsp3) is 0.0909. The molecule has 4 nitrogen and oxygen atoms in total. The van der Waals surface area contributed by atoms with Crippen LogP contribution in [0.15, 0.2) is 78.9 Å². The number of fused-ring (bicyclic) bond motifs is 1. The zero-order valence-electron chi connectivity index (χ0n) is 14.4. The number of nitrogens with zero attached hydrogens (tertiary/aromatic N) is 2. The van der Waals surface area contributed by atoms with E-state index in [1.807, 2.05) is 79.7 Å². The maximum Gasteiger partial charge on any atom is 0.317 e. The molecule has 0 bridgehead atoms. The SMILES string of the molecule is Cc1cc(OC(=O)Cc2cccc3ccccc23)n(-c2ccccc2)n1. The molecule has 0 radical (unpaired) electrons. The van der Waals surface area contributed by atoms with Gasteiger partial charge in [-0.15, -0.1) is 0 Å². The minimum Gasteiger partial charge on any atom is -0.407 e. The quantitative estimate of drug-likeness (QED) is 0.514. The van der Waals surface area contributed by atoms with Gasteiger partial charge in [-0.2, -0.15) is 5.10 Å². The van der Waals surface area contributed by atoms with Gasteiger partial charge in [0.2, 0.25) is 5.88 Å². The molecule has 0 atom stereocenters. The lowest BCUT2D eigenvalue weighted by Crippen LogP contribution is -2.14. The second-order valence-corrected chi connectivity index (χ2v) is 6.16. The summed E-state index contributed by atoms with van der Waals surface area (Å²) in [4.78, 5) is 12.6. The fourth-order valence-corrected chi connectivity index (χ4v) is 3.06. The maximum absolute atomic E-state index is 12.6. The van der Waals surface area contributed by atoms with Crippen LogP contribution in [0.5, 0.6) is 5.88 Å². The van der Waals surface area contributed by atoms with Crippen LogP contribution < -0.4 is 4.74 Å². The molecule has 0 saturated heterocycles. The van der Waals surface area contributed by atoms with E-state index in [0.717, 1.165) is 27.7 Å². The van der Waals surface area contributed by atoms with Gasteiger partial charge in [0.25, 0.3) is 0 Å². The van der Waals surface area contributed by atoms with Crippen LogP contribution in [0.1, 0.15) is 11.3 Å². The Morgan fingerprint density at radius 3 is 2.54 bits per heavy atom. The Morgan fingerprint density at radius 2 is 1.69 bits per heavy atom. The predicted octanol–water partition coefficient (Wildman–Crippen LogP) is 4.48. The Morgan fingerprint density at radius 1 is 0.962 bits per heavy atom. The number of hydrogen-bond acceptors (Lipinski definition) is 3. The van der Waals surface area contributed by atoms with Crippen molar-refractivity contribution in [2.45, 2.75) is 13.3 Å². The Kier molecular flexibility index (Phi) is 4.23. The molecule has 26 heavy (non-hydrogen) atoms. The maximum atomic E-state index is 12.6. The van der Waals surface area contributed by atoms with Gasteiger partial charge in [-0.1, -0.05) is 60.7 Å². The van der Waals surface area contributed by atoms with Crippen molar-refractivity contribution in [1.29, 1.82) is 0 Å². The largest absolute Gasteiger partial charge is 0.407 e. The molecule has 0 saturated carbocycles. The highest BCUT2D eigenvalue weighted by atomic mass is 16.5. The average molecular weight is 342 g/mol. The summed E-state index contributed by atoms with van der Waals surface area (Å²) in [5.74, 6) is 0.123. The van der Waals surface area contributed by atoms with Crippen LogP contribution >= 0.6 is 0 Å². The van der Waals surface area contributed by atoms with E-state index in [0.29, 0.717) is 5.88 Å². The lowest BCUT2D eigenvalue weighted by atomic mass is 10.0. The van der Waals surface area contributed by atoms with Crippen LogP contribution in [0.2, 0.25) is 0 Å². The van der Waals surface area contributed by atoms with E-state index in [1.165, 1.54) is 0 Å². The minimum atomic E-state index is -0.307. The number of aromatic nitrogens is 2. The molecule has 1 aromatic heterocycles. The van der Waals surface area contributed by atoms with Crippen molar-refractivity contribution in [3.8, 4) is 11.6 Å². The first-order chi connectivity index (χ1) is 12.7. The Hall–Kier alpha value is -3.40. The number of ether oxygens (including phenoxy) is 1. The van der Waals surface area contributed by atoms with Crippen molar-refractivity contribution in [1.82, 2.24) is 9.78 Å². The normalized spacial score (nSPS) is 10.8. The van der Waals surface area contributed by atoms with Crippen molar-refractivity contribution >= 4 is 16.7 Å². The first kappa shape index (κ1) is 16.1. The van der Waals surface area contributed by atoms with Crippen molar-refractivity contribution in [2.75, 3.05) is 0 Å². The number of benzene rings is 3. The van der Waals surface area contributed by atoms with Gasteiger partial charge >= 0.3 is 5.97 Å². The van der Waals surface area contributed by atoms with Crippen LogP contribution in [0, 0.1) is 6.92 Å². The van der Waals surface area contributed by atoms with E-state index in [2.05, 4.69) is 5.10 Å². The predicted molar refractivity (Wildman–Crippen MR) is 102 cm³/mol. The molecule has 4 rings (SSSR count). The number of carbonyl (C=O) groups is 1. The highest BCUT2D eigenvalue weighted by molar-refractivity contribution is 5.89. The van der Waals surface area contributed by atoms with E-state index in [-0.39, 0.29) is 12.4 Å². The third kappa shape index (κ3) is 3.22. The summed E-state index contributed by atoms with van der Waals surface area (Å²) in [5.41, 5.74) is 2.60. The summed E-state index contributed by atoms with van der Waals surface area (Å²) in [5, 5.41) is 6.61. The molecule has 0 fully saturated rings. The summed E-state index contributed by atoms with van der Waals surface area (Å²) in [6.45, 7) is 1.88. The Bertz CT molecular complexity index is 1060. The number of esters is 1. The second-order valence-electron chi connectivity index (χ2n) is 6.16. The van der Waals surface area contributed by atoms with Gasteiger partial charge in [-0.05, 0) is 35.4 Å². The molecule has 1 heterocycles. The number of aryl methyl sites for hydroxylation is 1. The Labute approximate surface area is 151 Å². The van der Waals surface area contributed by atoms with Gasteiger partial charge in [-0.3, -0.25) is 4.79 Å². The first-order valence-electron chi connectivity index (χ1n) is 8.50. The standard InChI is InChI=1S/C22H18N2O2/c1-16-14-21(24(23-16)19-11-3-2-4-12-19)26-22(25)15-18-10-7-9-17-8-5-6-13-20(17)18/h2-14H,15H2,1H3. The molecule has 0 aliphatic carbocycles. The summed E-state index contributed by atoms with van der Waals surface area (Å²) in [6, 6.07) is 25.4. The fourth-order valence-electron chi connectivity index (χ4n) is 3.06. The highest BCUT2D eigenvalue weighted by Crippen LogP contribution is 2.22. The first-order valence-corrected chi connectivity index (χ1v) is 8.50. The minimum absolute atomic E-state index is 0.209. The third-order valence-corrected chi connectivity index (χ3v) is 4.23. The van der Waals surface area contributed by atoms with Gasteiger partial charge < -0.3 is 4.74 Å². The van der Waals surface area contributed by atoms with Crippen molar-refractivity contribution in [2.24, 2.45) is 0 Å². The second kappa shape index (κ2) is 6.84. The van der Waals surface area contributed by atoms with Gasteiger partial charge in [0.1, 0.15) is 0 Å². The molecule has 0 spiro atoms. The molecule has 128 valence electrons. The van der Waals surface area contributed by atoms with Crippen LogP contribution in [-0.2, 0) is 11.2 Å². The number of para-hydroxylation sites is 1. The van der Waals surface area contributed by atoms with E-state index >= 15 is 0 Å². The smallest absolute Gasteiger partial charge is 0.317 e. The molecule has 0 aliphatic rings. The topological polar surface area (TPSA) is 44.1 Å². The monoisotopic (exact) mass is 342 g/mol. The lowest BCUT2D eigenvalue weighted by molar-refractivity contribution is -0.134. The van der Waals surface area contributed by atoms with Gasteiger partial charge in [0.15, 0.2) is 0 Å². The van der Waals surface area contributed by atoms with Crippen molar-refractivity contribution < 1.29 is 9.53 Å². The molecule has 4 aromatic rings. The number of rotatable bonds is 4. The summed E-state index contributed by atoms with van der Waals surface area (Å²) in [7, 11) is 0. The van der Waals surface area contributed by atoms with E-state index in [4.69, 9.17) is 4.74 Å². The van der Waals surface area contributed by atoms with E-state index in [1.54, 1.807) is 10.7 Å². The van der Waals surface area contributed by atoms with Crippen LogP contribution in [0.25, 0.3) is 16.5 Å². The lowest BCUT2D eigenvalue weighted by Gasteiger charge is -2.09. The van der Waals surface area contributed by atoms with Crippen LogP contribution in [0.3, 0.4) is 0 Å². The number of hydrogen-bond donors (Lipinski definition) is 0. The van der Waals surface area contributed by atoms with E-state index < -0.39 is 0 Å². The molecule has 3 aromatic carbocycles. The zero-order chi connectivity index (χ0) is 17.9. The van der Waals surface area contributed by atoms with E-state index in [9.17, 15) is 4.79 Å². The average Bonchev–Trinajstić information content (AvgIpc) is 3.03.